The molecule has 10 nitrogen and oxygen atoms in total. The highest BCUT2D eigenvalue weighted by Gasteiger charge is 2.27. The molecule has 0 radical (unpaired) electrons. The van der Waals surface area contributed by atoms with Gasteiger partial charge in [-0.3, -0.25) is 14.9 Å². The van der Waals surface area contributed by atoms with Crippen LogP contribution in [0.2, 0.25) is 0 Å². The van der Waals surface area contributed by atoms with Gasteiger partial charge in [-0.1, -0.05) is 6.07 Å². The summed E-state index contributed by atoms with van der Waals surface area (Å²) < 4.78 is 5.08. The van der Waals surface area contributed by atoms with Gasteiger partial charge in [0.1, 0.15) is 6.61 Å². The quantitative estimate of drug-likeness (QED) is 0.174. The number of amides is 1. The van der Waals surface area contributed by atoms with Crippen LogP contribution in [0.3, 0.4) is 0 Å². The van der Waals surface area contributed by atoms with Crippen molar-refractivity contribution in [2.24, 2.45) is 0 Å². The van der Waals surface area contributed by atoms with E-state index in [1.54, 1.807) is 0 Å². The Hall–Kier alpha value is -3.44. The number of carbonyl (C=O) groups is 3. The number of rotatable bonds is 6. The lowest BCUT2D eigenvalue weighted by Gasteiger charge is -2.16. The van der Waals surface area contributed by atoms with Crippen LogP contribution in [-0.4, -0.2) is 39.7 Å². The van der Waals surface area contributed by atoms with Gasteiger partial charge >= 0.3 is 17.8 Å². The van der Waals surface area contributed by atoms with Crippen LogP contribution in [0.4, 0.5) is 11.4 Å². The minimum atomic E-state index is -1.17. The molecule has 2 aromatic rings. The van der Waals surface area contributed by atoms with Crippen LogP contribution in [0.25, 0.3) is 0 Å². The molecule has 0 bridgehead atoms. The highest BCUT2D eigenvalue weighted by molar-refractivity contribution is 7.81. The molecule has 0 spiro atoms. The van der Waals surface area contributed by atoms with E-state index in [9.17, 15) is 24.5 Å². The van der Waals surface area contributed by atoms with E-state index in [4.69, 9.17) is 9.84 Å². The van der Waals surface area contributed by atoms with E-state index in [0.29, 0.717) is 24.1 Å². The average Bonchev–Trinajstić information content (AvgIpc) is 3.18. The topological polar surface area (TPSA) is 148 Å². The Morgan fingerprint density at radius 3 is 2.68 bits per heavy atom. The standard InChI is InChI=1S/C20H19N3O7S/c24-18(22-13-3-1-2-11(6-13)19(25)26)20(27)30-10-12-4-5-14(23(28)29)7-16(12)17-8-15(31)9-21-17/h1-7,15,17,21,31H,8-10H2,(H,22,24)(H,25,26)/t15-,17-/m0/s1. The number of aromatic carboxylic acids is 1. The number of hydrogen-bond acceptors (Lipinski definition) is 8. The summed E-state index contributed by atoms with van der Waals surface area (Å²) in [5.41, 5.74) is 1.12. The molecule has 3 N–H and O–H groups in total. The molecule has 31 heavy (non-hydrogen) atoms. The van der Waals surface area contributed by atoms with Gasteiger partial charge in [-0.25, -0.2) is 9.59 Å². The van der Waals surface area contributed by atoms with E-state index in [2.05, 4.69) is 23.3 Å². The number of esters is 1. The normalized spacial score (nSPS) is 17.7. The van der Waals surface area contributed by atoms with Crippen molar-refractivity contribution in [3.05, 3.63) is 69.3 Å². The first-order chi connectivity index (χ1) is 14.7. The fourth-order valence-electron chi connectivity index (χ4n) is 3.23. The molecule has 1 fully saturated rings. The van der Waals surface area contributed by atoms with Crippen LogP contribution < -0.4 is 10.6 Å². The number of carbonyl (C=O) groups excluding carboxylic acids is 2. The number of nitrogens with zero attached hydrogens (tertiary/aromatic N) is 1. The first-order valence-electron chi connectivity index (χ1n) is 9.24. The van der Waals surface area contributed by atoms with E-state index in [0.717, 1.165) is 0 Å². The molecule has 1 aliphatic heterocycles. The molecular weight excluding hydrogens is 426 g/mol. The Bertz CT molecular complexity index is 1040. The molecule has 0 aromatic heterocycles. The van der Waals surface area contributed by atoms with Gasteiger partial charge in [-0.15, -0.1) is 0 Å². The summed E-state index contributed by atoms with van der Waals surface area (Å²) in [5, 5.41) is 25.7. The van der Waals surface area contributed by atoms with Crippen molar-refractivity contribution in [3.8, 4) is 0 Å². The predicted molar refractivity (Wildman–Crippen MR) is 113 cm³/mol. The van der Waals surface area contributed by atoms with Crippen LogP contribution >= 0.6 is 12.6 Å². The molecule has 2 aromatic carbocycles. The van der Waals surface area contributed by atoms with Crippen LogP contribution in [0.1, 0.15) is 33.9 Å². The van der Waals surface area contributed by atoms with Crippen molar-refractivity contribution >= 4 is 41.8 Å². The minimum absolute atomic E-state index is 0.0479. The fourth-order valence-corrected chi connectivity index (χ4v) is 3.54. The molecule has 11 heteroatoms. The number of anilines is 1. The Morgan fingerprint density at radius 1 is 1.26 bits per heavy atom. The predicted octanol–water partition coefficient (Wildman–Crippen LogP) is 2.31. The first-order valence-corrected chi connectivity index (χ1v) is 9.76. The van der Waals surface area contributed by atoms with Gasteiger partial charge in [-0.05, 0) is 41.8 Å². The van der Waals surface area contributed by atoms with Crippen molar-refractivity contribution < 1.29 is 29.2 Å². The SMILES string of the molecule is O=C(Nc1cccc(C(=O)O)c1)C(=O)OCc1ccc([N+](=O)[O-])cc1[C@@H]1C[C@H](S)CN1. The van der Waals surface area contributed by atoms with Gasteiger partial charge in [-0.2, -0.15) is 12.6 Å². The number of thiol groups is 1. The van der Waals surface area contributed by atoms with E-state index in [1.165, 1.54) is 42.5 Å². The van der Waals surface area contributed by atoms with Gasteiger partial charge in [0.15, 0.2) is 0 Å². The van der Waals surface area contributed by atoms with Crippen molar-refractivity contribution in [3.63, 3.8) is 0 Å². The second kappa shape index (κ2) is 9.58. The molecule has 0 unspecified atom stereocenters. The van der Waals surface area contributed by atoms with Crippen molar-refractivity contribution in [1.82, 2.24) is 5.32 Å². The maximum Gasteiger partial charge on any atom is 0.397 e. The first kappa shape index (κ1) is 22.2. The van der Waals surface area contributed by atoms with E-state index in [-0.39, 0.29) is 34.8 Å². The second-order valence-corrected chi connectivity index (χ2v) is 7.64. The molecule has 1 aliphatic rings. The Morgan fingerprint density at radius 2 is 2.03 bits per heavy atom. The highest BCUT2D eigenvalue weighted by Crippen LogP contribution is 2.31. The summed E-state index contributed by atoms with van der Waals surface area (Å²) in [5.74, 6) is -3.41. The summed E-state index contributed by atoms with van der Waals surface area (Å²) in [6.45, 7) is 0.373. The highest BCUT2D eigenvalue weighted by atomic mass is 32.1. The number of benzene rings is 2. The largest absolute Gasteiger partial charge is 0.478 e. The number of hydrogen-bond donors (Lipinski definition) is 4. The lowest BCUT2D eigenvalue weighted by Crippen LogP contribution is -2.25. The van der Waals surface area contributed by atoms with Crippen LogP contribution in [0.15, 0.2) is 42.5 Å². The maximum absolute atomic E-state index is 12.1. The van der Waals surface area contributed by atoms with Crippen LogP contribution in [-0.2, 0) is 20.9 Å². The third-order valence-corrected chi connectivity index (χ3v) is 5.13. The number of non-ortho nitro benzene ring substituents is 1. The van der Waals surface area contributed by atoms with Gasteiger partial charge < -0.3 is 20.5 Å². The summed E-state index contributed by atoms with van der Waals surface area (Å²) in [7, 11) is 0. The number of nitrogens with one attached hydrogen (secondary N) is 2. The Kier molecular flexibility index (Phi) is 6.88. The summed E-state index contributed by atoms with van der Waals surface area (Å²) in [6.07, 6.45) is 0.644. The van der Waals surface area contributed by atoms with Gasteiger partial charge in [0.2, 0.25) is 0 Å². The molecule has 2 atom stereocenters. The number of carboxylic acids is 1. The second-order valence-electron chi connectivity index (χ2n) is 6.91. The monoisotopic (exact) mass is 445 g/mol. The molecular formula is C20H19N3O7S. The molecule has 162 valence electrons. The van der Waals surface area contributed by atoms with Crippen molar-refractivity contribution in [1.29, 1.82) is 0 Å². The third kappa shape index (κ3) is 5.58. The Labute approximate surface area is 182 Å². The third-order valence-electron chi connectivity index (χ3n) is 4.73. The lowest BCUT2D eigenvalue weighted by atomic mass is 9.98. The number of carboxylic acid groups (broad SMARTS) is 1. The van der Waals surface area contributed by atoms with E-state index >= 15 is 0 Å². The number of nitro groups is 1. The zero-order chi connectivity index (χ0) is 22.5. The van der Waals surface area contributed by atoms with E-state index < -0.39 is 22.8 Å². The molecule has 1 saturated heterocycles. The molecule has 0 saturated carbocycles. The molecule has 1 amide bonds. The summed E-state index contributed by atoms with van der Waals surface area (Å²) >= 11 is 4.41. The minimum Gasteiger partial charge on any atom is -0.478 e. The molecule has 1 heterocycles. The molecule has 3 rings (SSSR count). The summed E-state index contributed by atoms with van der Waals surface area (Å²) in [4.78, 5) is 45.8. The Balaban J connectivity index is 1.69. The van der Waals surface area contributed by atoms with Gasteiger partial charge in [0.25, 0.3) is 5.69 Å². The van der Waals surface area contributed by atoms with Gasteiger partial charge in [0.05, 0.1) is 10.5 Å². The maximum atomic E-state index is 12.1. The average molecular weight is 445 g/mol. The zero-order valence-corrected chi connectivity index (χ0v) is 17.0. The molecule has 0 aliphatic carbocycles. The van der Waals surface area contributed by atoms with Crippen LogP contribution in [0, 0.1) is 10.1 Å². The fraction of sp³-hybridized carbons (Fsp3) is 0.250. The van der Waals surface area contributed by atoms with Crippen molar-refractivity contribution in [2.45, 2.75) is 24.3 Å². The van der Waals surface area contributed by atoms with Gasteiger partial charge in [0, 0.05) is 35.7 Å². The number of nitro benzene ring substituents is 1. The lowest BCUT2D eigenvalue weighted by molar-refractivity contribution is -0.385. The van der Waals surface area contributed by atoms with Crippen molar-refractivity contribution in [2.75, 3.05) is 11.9 Å². The smallest absolute Gasteiger partial charge is 0.397 e. The van der Waals surface area contributed by atoms with E-state index in [1.807, 2.05) is 0 Å². The zero-order valence-electron chi connectivity index (χ0n) is 16.1. The summed E-state index contributed by atoms with van der Waals surface area (Å²) in [6, 6.07) is 9.44. The number of ether oxygens (including phenoxy) is 1. The van der Waals surface area contributed by atoms with Crippen LogP contribution in [0.5, 0.6) is 0 Å².